The predicted molar refractivity (Wildman–Crippen MR) is 75.7 cm³/mol. The number of benzene rings is 2. The van der Waals surface area contributed by atoms with Gasteiger partial charge in [0.05, 0.1) is 0 Å². The minimum absolute atomic E-state index is 0.0778. The molecule has 0 heterocycles. The first kappa shape index (κ1) is 11.3. The largest absolute Gasteiger partial charge is 0.287 e. The number of carbonyl (C=O) groups is 2. The Morgan fingerprint density at radius 1 is 1.10 bits per heavy atom. The van der Waals surface area contributed by atoms with Crippen molar-refractivity contribution in [3.05, 3.63) is 47.5 Å². The summed E-state index contributed by atoms with van der Waals surface area (Å²) in [4.78, 5) is 24.0. The fourth-order valence-electron chi connectivity index (χ4n) is 2.64. The monoisotopic (exact) mass is 264 g/mol. The van der Waals surface area contributed by atoms with E-state index >= 15 is 0 Å². The van der Waals surface area contributed by atoms with E-state index in [4.69, 9.17) is 0 Å². The molecule has 2 aromatic rings. The van der Waals surface area contributed by atoms with Gasteiger partial charge in [-0.3, -0.25) is 9.59 Å². The molecule has 0 bridgehead atoms. The minimum atomic E-state index is -0.118. The topological polar surface area (TPSA) is 58.5 Å². The van der Waals surface area contributed by atoms with Gasteiger partial charge >= 0.3 is 0 Å². The number of hydrazone groups is 1. The molecule has 2 aromatic carbocycles. The predicted octanol–water partition coefficient (Wildman–Crippen LogP) is 2.27. The van der Waals surface area contributed by atoms with Crippen molar-refractivity contribution in [2.75, 3.05) is 0 Å². The van der Waals surface area contributed by atoms with Crippen LogP contribution in [0.25, 0.3) is 10.8 Å². The molecule has 2 aliphatic carbocycles. The highest BCUT2D eigenvalue weighted by molar-refractivity contribution is 6.59. The molecule has 1 amide bonds. The van der Waals surface area contributed by atoms with Crippen molar-refractivity contribution in [3.63, 3.8) is 0 Å². The summed E-state index contributed by atoms with van der Waals surface area (Å²) < 4.78 is 0. The molecule has 1 saturated carbocycles. The molecule has 4 nitrogen and oxygen atoms in total. The summed E-state index contributed by atoms with van der Waals surface area (Å²) in [5.41, 5.74) is 4.33. The Balaban J connectivity index is 1.80. The van der Waals surface area contributed by atoms with E-state index in [1.54, 1.807) is 6.07 Å². The summed E-state index contributed by atoms with van der Waals surface area (Å²) in [6, 6.07) is 11.4. The average molecular weight is 264 g/mol. The fraction of sp³-hybridized carbons (Fsp3) is 0.188. The van der Waals surface area contributed by atoms with Crippen molar-refractivity contribution in [1.82, 2.24) is 5.43 Å². The van der Waals surface area contributed by atoms with Gasteiger partial charge in [0.2, 0.25) is 11.7 Å². The average Bonchev–Trinajstić information content (AvgIpc) is 3.27. The highest BCUT2D eigenvalue weighted by Crippen LogP contribution is 2.31. The second-order valence-electron chi connectivity index (χ2n) is 5.25. The van der Waals surface area contributed by atoms with E-state index in [1.165, 1.54) is 0 Å². The normalized spacial score (nSPS) is 18.8. The summed E-state index contributed by atoms with van der Waals surface area (Å²) in [6.07, 6.45) is 1.83. The lowest BCUT2D eigenvalue weighted by Crippen LogP contribution is -2.23. The molecular weight excluding hydrogens is 252 g/mol. The number of carbonyl (C=O) groups excluding carboxylic acids is 2. The van der Waals surface area contributed by atoms with Gasteiger partial charge in [-0.2, -0.15) is 5.10 Å². The molecule has 0 spiro atoms. The van der Waals surface area contributed by atoms with Gasteiger partial charge in [-0.15, -0.1) is 0 Å². The van der Waals surface area contributed by atoms with Crippen LogP contribution in [0.5, 0.6) is 0 Å². The van der Waals surface area contributed by atoms with Crippen LogP contribution in [0.2, 0.25) is 0 Å². The number of nitrogens with one attached hydrogen (secondary N) is 1. The Morgan fingerprint density at radius 3 is 2.50 bits per heavy atom. The first-order valence-corrected chi connectivity index (χ1v) is 6.70. The SMILES string of the molecule is O=C1/C(=N\NC(=O)C2CC2)c2cccc3cccc1c23. The van der Waals surface area contributed by atoms with E-state index in [0.717, 1.165) is 29.2 Å². The number of hydrogen-bond acceptors (Lipinski definition) is 3. The molecule has 0 aromatic heterocycles. The highest BCUT2D eigenvalue weighted by atomic mass is 16.2. The molecule has 4 heteroatoms. The number of rotatable bonds is 2. The van der Waals surface area contributed by atoms with Crippen molar-refractivity contribution in [1.29, 1.82) is 0 Å². The van der Waals surface area contributed by atoms with Gasteiger partial charge < -0.3 is 0 Å². The molecule has 98 valence electrons. The lowest BCUT2D eigenvalue weighted by molar-refractivity contribution is -0.122. The van der Waals surface area contributed by atoms with Gasteiger partial charge in [0, 0.05) is 22.4 Å². The van der Waals surface area contributed by atoms with Gasteiger partial charge in [0.25, 0.3) is 0 Å². The molecule has 0 saturated heterocycles. The molecule has 1 N–H and O–H groups in total. The van der Waals surface area contributed by atoms with Crippen LogP contribution in [0.3, 0.4) is 0 Å². The third-order valence-electron chi connectivity index (χ3n) is 3.85. The number of hydrogen-bond donors (Lipinski definition) is 1. The van der Waals surface area contributed by atoms with Gasteiger partial charge in [-0.1, -0.05) is 36.4 Å². The summed E-state index contributed by atoms with van der Waals surface area (Å²) in [7, 11) is 0. The first-order chi connectivity index (χ1) is 9.75. The smallest absolute Gasteiger partial charge is 0.243 e. The van der Waals surface area contributed by atoms with Crippen LogP contribution in [-0.4, -0.2) is 17.4 Å². The Morgan fingerprint density at radius 2 is 1.80 bits per heavy atom. The molecule has 0 aliphatic heterocycles. The number of ketones is 1. The molecule has 2 aliphatic rings. The first-order valence-electron chi connectivity index (χ1n) is 6.70. The van der Waals surface area contributed by atoms with Crippen molar-refractivity contribution >= 4 is 28.2 Å². The molecule has 20 heavy (non-hydrogen) atoms. The van der Waals surface area contributed by atoms with E-state index in [-0.39, 0.29) is 17.6 Å². The summed E-state index contributed by atoms with van der Waals surface area (Å²) in [5, 5.41) is 6.02. The third-order valence-corrected chi connectivity index (χ3v) is 3.85. The highest BCUT2D eigenvalue weighted by Gasteiger charge is 2.31. The number of Topliss-reactive ketones (excluding diaryl/α,β-unsaturated/α-hetero) is 1. The molecule has 4 rings (SSSR count). The van der Waals surface area contributed by atoms with Crippen LogP contribution in [0.15, 0.2) is 41.5 Å². The van der Waals surface area contributed by atoms with Crippen molar-refractivity contribution in [2.24, 2.45) is 11.0 Å². The molecule has 1 fully saturated rings. The summed E-state index contributed by atoms with van der Waals surface area (Å²) in [6.45, 7) is 0. The fourth-order valence-corrected chi connectivity index (χ4v) is 2.64. The maximum absolute atomic E-state index is 12.4. The zero-order valence-electron chi connectivity index (χ0n) is 10.7. The van der Waals surface area contributed by atoms with Gasteiger partial charge in [0.1, 0.15) is 5.71 Å². The van der Waals surface area contributed by atoms with Crippen molar-refractivity contribution in [2.45, 2.75) is 12.8 Å². The van der Waals surface area contributed by atoms with Crippen LogP contribution in [0, 0.1) is 5.92 Å². The lowest BCUT2D eigenvalue weighted by atomic mass is 10.1. The zero-order chi connectivity index (χ0) is 13.7. The van der Waals surface area contributed by atoms with Crippen molar-refractivity contribution < 1.29 is 9.59 Å². The van der Waals surface area contributed by atoms with E-state index in [9.17, 15) is 9.59 Å². The number of amides is 1. The maximum atomic E-state index is 12.4. The van der Waals surface area contributed by atoms with E-state index in [1.807, 2.05) is 30.3 Å². The summed E-state index contributed by atoms with van der Waals surface area (Å²) in [5.74, 6) is -0.129. The van der Waals surface area contributed by atoms with Crippen LogP contribution < -0.4 is 5.43 Å². The Hall–Kier alpha value is -2.49. The standard InChI is InChI=1S/C16H12N2O2/c19-15-12-6-2-4-9-3-1-5-11(13(9)12)14(15)17-18-16(20)10-7-8-10/h1-6,10H,7-8H2,(H,18,20)/b17-14-. The second-order valence-corrected chi connectivity index (χ2v) is 5.25. The molecule has 0 radical (unpaired) electrons. The quantitative estimate of drug-likeness (QED) is 0.846. The Labute approximate surface area is 115 Å². The van der Waals surface area contributed by atoms with Crippen LogP contribution >= 0.6 is 0 Å². The van der Waals surface area contributed by atoms with E-state index in [0.29, 0.717) is 11.3 Å². The maximum Gasteiger partial charge on any atom is 0.243 e. The van der Waals surface area contributed by atoms with E-state index in [2.05, 4.69) is 10.5 Å². The lowest BCUT2D eigenvalue weighted by Gasteiger charge is -2.00. The van der Waals surface area contributed by atoms with Crippen LogP contribution in [-0.2, 0) is 4.79 Å². The molecule has 0 unspecified atom stereocenters. The van der Waals surface area contributed by atoms with Crippen LogP contribution in [0.4, 0.5) is 0 Å². The zero-order valence-corrected chi connectivity index (χ0v) is 10.7. The van der Waals surface area contributed by atoms with E-state index < -0.39 is 0 Å². The molecule has 0 atom stereocenters. The minimum Gasteiger partial charge on any atom is -0.287 e. The second kappa shape index (κ2) is 4.00. The van der Waals surface area contributed by atoms with Crippen LogP contribution in [0.1, 0.15) is 28.8 Å². The Kier molecular flexibility index (Phi) is 2.27. The van der Waals surface area contributed by atoms with Gasteiger partial charge in [-0.05, 0) is 18.2 Å². The van der Waals surface area contributed by atoms with Gasteiger partial charge in [0.15, 0.2) is 0 Å². The summed E-state index contributed by atoms with van der Waals surface area (Å²) >= 11 is 0. The Bertz CT molecular complexity index is 783. The third kappa shape index (κ3) is 1.58. The number of nitrogens with zero attached hydrogens (tertiary/aromatic N) is 1. The van der Waals surface area contributed by atoms with Gasteiger partial charge in [-0.25, -0.2) is 5.43 Å². The molecular formula is C16H12N2O2. The van der Waals surface area contributed by atoms with Crippen molar-refractivity contribution in [3.8, 4) is 0 Å².